The number of furan rings is 1. The van der Waals surface area contributed by atoms with Crippen molar-refractivity contribution in [3.63, 3.8) is 0 Å². The summed E-state index contributed by atoms with van der Waals surface area (Å²) in [6.45, 7) is 0.445. The molecule has 0 aliphatic rings. The third-order valence-corrected chi connectivity index (χ3v) is 2.00. The van der Waals surface area contributed by atoms with Gasteiger partial charge >= 0.3 is 6.18 Å². The van der Waals surface area contributed by atoms with Gasteiger partial charge in [-0.2, -0.15) is 13.2 Å². The third-order valence-electron chi connectivity index (χ3n) is 2.00. The zero-order valence-electron chi connectivity index (χ0n) is 9.10. The summed E-state index contributed by atoms with van der Waals surface area (Å²) in [5, 5.41) is 2.83. The predicted octanol–water partition coefficient (Wildman–Crippen LogP) is 2.43. The fourth-order valence-electron chi connectivity index (χ4n) is 1.24. The molecule has 0 aromatic carbocycles. The molecule has 1 aromatic rings. The van der Waals surface area contributed by atoms with Crippen LogP contribution < -0.4 is 5.32 Å². The number of ether oxygens (including phenoxy) is 1. The van der Waals surface area contributed by atoms with Crippen LogP contribution in [-0.4, -0.2) is 26.4 Å². The number of alkyl halides is 3. The molecule has 1 N–H and O–H groups in total. The zero-order valence-corrected chi connectivity index (χ0v) is 9.10. The summed E-state index contributed by atoms with van der Waals surface area (Å²) < 4.78 is 45.4. The average molecular weight is 237 g/mol. The number of aryl methyl sites for hydroxylation is 1. The van der Waals surface area contributed by atoms with E-state index in [1.165, 1.54) is 0 Å². The van der Waals surface area contributed by atoms with Gasteiger partial charge in [0, 0.05) is 0 Å². The summed E-state index contributed by atoms with van der Waals surface area (Å²) in [6, 6.07) is 3.10. The molecule has 1 heterocycles. The van der Waals surface area contributed by atoms with E-state index >= 15 is 0 Å². The lowest BCUT2D eigenvalue weighted by Gasteiger charge is -2.14. The molecule has 0 spiro atoms. The smallest absolute Gasteiger partial charge is 0.411 e. The molecule has 0 aliphatic heterocycles. The van der Waals surface area contributed by atoms with E-state index in [-0.39, 0.29) is 12.6 Å². The summed E-state index contributed by atoms with van der Waals surface area (Å²) in [5.74, 6) is 1.29. The SMILES string of the molecule is CNC(COCC(F)(F)F)c1ccc(C)o1. The molecule has 3 nitrogen and oxygen atoms in total. The highest BCUT2D eigenvalue weighted by molar-refractivity contribution is 5.09. The highest BCUT2D eigenvalue weighted by atomic mass is 19.4. The molecule has 0 radical (unpaired) electrons. The third kappa shape index (κ3) is 4.24. The van der Waals surface area contributed by atoms with E-state index in [1.807, 2.05) is 0 Å². The van der Waals surface area contributed by atoms with Crippen LogP contribution in [0.1, 0.15) is 17.6 Å². The Morgan fingerprint density at radius 1 is 1.44 bits per heavy atom. The second-order valence-corrected chi connectivity index (χ2v) is 3.42. The first-order chi connectivity index (χ1) is 7.42. The van der Waals surface area contributed by atoms with E-state index in [0.717, 1.165) is 0 Å². The zero-order chi connectivity index (χ0) is 12.2. The van der Waals surface area contributed by atoms with Crippen LogP contribution in [0.25, 0.3) is 0 Å². The molecule has 0 fully saturated rings. The number of nitrogens with one attached hydrogen (secondary N) is 1. The summed E-state index contributed by atoms with van der Waals surface area (Å²) in [6.07, 6.45) is -4.29. The lowest BCUT2D eigenvalue weighted by Crippen LogP contribution is -2.25. The van der Waals surface area contributed by atoms with Gasteiger partial charge in [0.05, 0.1) is 12.6 Å². The van der Waals surface area contributed by atoms with Crippen LogP contribution >= 0.6 is 0 Å². The normalized spacial score (nSPS) is 14.1. The van der Waals surface area contributed by atoms with Gasteiger partial charge in [-0.25, -0.2) is 0 Å². The molecule has 6 heteroatoms. The standard InChI is InChI=1S/C10H14F3NO2/c1-7-3-4-9(16-7)8(14-2)5-15-6-10(11,12)13/h3-4,8,14H,5-6H2,1-2H3. The molecule has 0 bridgehead atoms. The highest BCUT2D eigenvalue weighted by Crippen LogP contribution is 2.19. The maximum atomic E-state index is 11.8. The first-order valence-electron chi connectivity index (χ1n) is 4.80. The van der Waals surface area contributed by atoms with Gasteiger partial charge in [-0.05, 0) is 26.1 Å². The van der Waals surface area contributed by atoms with Crippen LogP contribution in [-0.2, 0) is 4.74 Å². The van der Waals surface area contributed by atoms with E-state index in [2.05, 4.69) is 10.1 Å². The van der Waals surface area contributed by atoms with Gasteiger partial charge in [-0.15, -0.1) is 0 Å². The van der Waals surface area contributed by atoms with Crippen LogP contribution in [0, 0.1) is 6.92 Å². The van der Waals surface area contributed by atoms with Crippen molar-refractivity contribution < 1.29 is 22.3 Å². The number of rotatable bonds is 5. The van der Waals surface area contributed by atoms with Gasteiger partial charge in [-0.1, -0.05) is 0 Å². The molecule has 1 rings (SSSR count). The molecular formula is C10H14F3NO2. The van der Waals surface area contributed by atoms with E-state index in [9.17, 15) is 13.2 Å². The fourth-order valence-corrected chi connectivity index (χ4v) is 1.24. The molecule has 92 valence electrons. The Labute approximate surface area is 91.6 Å². The van der Waals surface area contributed by atoms with Crippen molar-refractivity contribution in [3.8, 4) is 0 Å². The molecular weight excluding hydrogens is 223 g/mol. The Balaban J connectivity index is 2.44. The Hall–Kier alpha value is -1.01. The average Bonchev–Trinajstić information content (AvgIpc) is 2.58. The number of likely N-dealkylation sites (N-methyl/N-ethyl adjacent to an activating group) is 1. The van der Waals surface area contributed by atoms with Gasteiger partial charge in [0.25, 0.3) is 0 Å². The van der Waals surface area contributed by atoms with Crippen LogP contribution in [0.3, 0.4) is 0 Å². The highest BCUT2D eigenvalue weighted by Gasteiger charge is 2.28. The first-order valence-corrected chi connectivity index (χ1v) is 4.80. The van der Waals surface area contributed by atoms with Crippen LogP contribution in [0.4, 0.5) is 13.2 Å². The lowest BCUT2D eigenvalue weighted by molar-refractivity contribution is -0.175. The van der Waals surface area contributed by atoms with E-state index in [0.29, 0.717) is 11.5 Å². The van der Waals surface area contributed by atoms with Crippen LogP contribution in [0.5, 0.6) is 0 Å². The number of hydrogen-bond donors (Lipinski definition) is 1. The summed E-state index contributed by atoms with van der Waals surface area (Å²) in [4.78, 5) is 0. The largest absolute Gasteiger partial charge is 0.465 e. The summed E-state index contributed by atoms with van der Waals surface area (Å²) in [5.41, 5.74) is 0. The number of hydrogen-bond acceptors (Lipinski definition) is 3. The van der Waals surface area contributed by atoms with Gasteiger partial charge in [-0.3, -0.25) is 0 Å². The molecule has 0 saturated carbocycles. The Morgan fingerprint density at radius 2 is 2.12 bits per heavy atom. The maximum absolute atomic E-state index is 11.8. The van der Waals surface area contributed by atoms with Crippen LogP contribution in [0.2, 0.25) is 0 Å². The number of halogens is 3. The summed E-state index contributed by atoms with van der Waals surface area (Å²) >= 11 is 0. The topological polar surface area (TPSA) is 34.4 Å². The van der Waals surface area contributed by atoms with Crippen molar-refractivity contribution >= 4 is 0 Å². The van der Waals surface area contributed by atoms with Crippen molar-refractivity contribution in [2.75, 3.05) is 20.3 Å². The fraction of sp³-hybridized carbons (Fsp3) is 0.600. The molecule has 0 saturated heterocycles. The second-order valence-electron chi connectivity index (χ2n) is 3.42. The van der Waals surface area contributed by atoms with Crippen molar-refractivity contribution in [2.45, 2.75) is 19.1 Å². The monoisotopic (exact) mass is 237 g/mol. The van der Waals surface area contributed by atoms with Crippen molar-refractivity contribution in [3.05, 3.63) is 23.7 Å². The van der Waals surface area contributed by atoms with Crippen molar-refractivity contribution in [1.29, 1.82) is 0 Å². The Bertz CT molecular complexity index is 322. The minimum absolute atomic E-state index is 0.0804. The second kappa shape index (κ2) is 5.36. The molecule has 1 aromatic heterocycles. The van der Waals surface area contributed by atoms with E-state index in [1.54, 1.807) is 26.1 Å². The minimum Gasteiger partial charge on any atom is -0.465 e. The molecule has 1 atom stereocenters. The quantitative estimate of drug-likeness (QED) is 0.854. The molecule has 0 aliphatic carbocycles. The van der Waals surface area contributed by atoms with Gasteiger partial charge in [0.2, 0.25) is 0 Å². The maximum Gasteiger partial charge on any atom is 0.411 e. The van der Waals surface area contributed by atoms with E-state index in [4.69, 9.17) is 4.42 Å². The molecule has 1 unspecified atom stereocenters. The Morgan fingerprint density at radius 3 is 2.56 bits per heavy atom. The van der Waals surface area contributed by atoms with Gasteiger partial charge in [0.1, 0.15) is 18.1 Å². The predicted molar refractivity (Wildman–Crippen MR) is 52.1 cm³/mol. The van der Waals surface area contributed by atoms with Crippen molar-refractivity contribution in [1.82, 2.24) is 5.32 Å². The van der Waals surface area contributed by atoms with Gasteiger partial charge in [0.15, 0.2) is 0 Å². The van der Waals surface area contributed by atoms with Crippen molar-refractivity contribution in [2.24, 2.45) is 0 Å². The molecule has 0 amide bonds. The van der Waals surface area contributed by atoms with Gasteiger partial charge < -0.3 is 14.5 Å². The van der Waals surface area contributed by atoms with E-state index < -0.39 is 12.8 Å². The summed E-state index contributed by atoms with van der Waals surface area (Å²) in [7, 11) is 1.64. The minimum atomic E-state index is -4.29. The first kappa shape index (κ1) is 13.1. The molecule has 16 heavy (non-hydrogen) atoms. The Kier molecular flexibility index (Phi) is 4.37. The lowest BCUT2D eigenvalue weighted by atomic mass is 10.2. The van der Waals surface area contributed by atoms with Crippen LogP contribution in [0.15, 0.2) is 16.5 Å².